The number of rotatable bonds is 7. The molecule has 4 nitrogen and oxygen atoms in total. The van der Waals surface area contributed by atoms with Crippen LogP contribution in [0.3, 0.4) is 0 Å². The van der Waals surface area contributed by atoms with Gasteiger partial charge < -0.3 is 15.6 Å². The number of halogens is 1. The van der Waals surface area contributed by atoms with E-state index in [1.54, 1.807) is 18.9 Å². The van der Waals surface area contributed by atoms with E-state index in [1.165, 1.54) is 0 Å². The van der Waals surface area contributed by atoms with Crippen molar-refractivity contribution in [3.05, 3.63) is 28.2 Å². The van der Waals surface area contributed by atoms with Gasteiger partial charge in [-0.1, -0.05) is 6.07 Å². The Morgan fingerprint density at radius 3 is 2.89 bits per heavy atom. The van der Waals surface area contributed by atoms with E-state index in [2.05, 4.69) is 15.9 Å². The van der Waals surface area contributed by atoms with Gasteiger partial charge in [0.1, 0.15) is 11.8 Å². The minimum atomic E-state index is -0.942. The second-order valence-electron chi connectivity index (χ2n) is 3.75. The first-order valence-electron chi connectivity index (χ1n) is 5.43. The summed E-state index contributed by atoms with van der Waals surface area (Å²) in [6, 6.07) is 5.14. The lowest BCUT2D eigenvalue weighted by Crippen LogP contribution is -2.30. The van der Waals surface area contributed by atoms with Crippen molar-refractivity contribution >= 4 is 33.7 Å². The molecule has 0 aromatic heterocycles. The van der Waals surface area contributed by atoms with Crippen molar-refractivity contribution in [1.29, 1.82) is 0 Å². The Labute approximate surface area is 119 Å². The highest BCUT2D eigenvalue weighted by Crippen LogP contribution is 2.27. The lowest BCUT2D eigenvalue weighted by Gasteiger charge is -2.07. The Bertz CT molecular complexity index is 414. The maximum atomic E-state index is 10.5. The van der Waals surface area contributed by atoms with Crippen LogP contribution in [0.2, 0.25) is 0 Å². The van der Waals surface area contributed by atoms with Crippen LogP contribution in [0.25, 0.3) is 0 Å². The minimum absolute atomic E-state index is 0.483. The molecule has 3 N–H and O–H groups in total. The van der Waals surface area contributed by atoms with Gasteiger partial charge in [0.15, 0.2) is 0 Å². The average molecular weight is 334 g/mol. The molecule has 0 radical (unpaired) electrons. The summed E-state index contributed by atoms with van der Waals surface area (Å²) in [5, 5.41) is 8.64. The highest BCUT2D eigenvalue weighted by Gasteiger charge is 2.10. The number of nitrogens with two attached hydrogens (primary N) is 1. The van der Waals surface area contributed by atoms with Crippen molar-refractivity contribution in [1.82, 2.24) is 0 Å². The average Bonchev–Trinajstić information content (AvgIpc) is 2.34. The fraction of sp³-hybridized carbons (Fsp3) is 0.417. The molecule has 0 aliphatic rings. The highest BCUT2D eigenvalue weighted by molar-refractivity contribution is 9.10. The van der Waals surface area contributed by atoms with Crippen LogP contribution in [0.1, 0.15) is 12.0 Å². The molecule has 1 atom stereocenters. The van der Waals surface area contributed by atoms with E-state index in [1.807, 2.05) is 18.2 Å². The molecule has 0 saturated heterocycles. The molecule has 1 aromatic carbocycles. The fourth-order valence-corrected chi connectivity index (χ4v) is 2.89. The molecule has 0 spiro atoms. The van der Waals surface area contributed by atoms with Crippen LogP contribution < -0.4 is 10.5 Å². The van der Waals surface area contributed by atoms with Gasteiger partial charge in [-0.15, -0.1) is 0 Å². The molecular weight excluding hydrogens is 318 g/mol. The van der Waals surface area contributed by atoms with Gasteiger partial charge in [-0.2, -0.15) is 11.8 Å². The van der Waals surface area contributed by atoms with Crippen LogP contribution >= 0.6 is 27.7 Å². The Morgan fingerprint density at radius 2 is 2.33 bits per heavy atom. The van der Waals surface area contributed by atoms with Crippen molar-refractivity contribution in [2.24, 2.45) is 5.73 Å². The van der Waals surface area contributed by atoms with Crippen molar-refractivity contribution in [2.45, 2.75) is 18.2 Å². The van der Waals surface area contributed by atoms with Crippen LogP contribution in [0.4, 0.5) is 0 Å². The number of aliphatic carboxylic acids is 1. The monoisotopic (exact) mass is 333 g/mol. The third-order valence-corrected chi connectivity index (χ3v) is 4.06. The van der Waals surface area contributed by atoms with Crippen LogP contribution in [0.15, 0.2) is 22.7 Å². The number of thioether (sulfide) groups is 1. The number of hydrogen-bond acceptors (Lipinski definition) is 4. The number of benzene rings is 1. The van der Waals surface area contributed by atoms with E-state index in [-0.39, 0.29) is 0 Å². The zero-order valence-corrected chi connectivity index (χ0v) is 12.5. The van der Waals surface area contributed by atoms with E-state index < -0.39 is 12.0 Å². The molecule has 0 aliphatic carbocycles. The second kappa shape index (κ2) is 7.66. The minimum Gasteiger partial charge on any atom is -0.496 e. The smallest absolute Gasteiger partial charge is 0.320 e. The molecule has 0 saturated carbocycles. The summed E-state index contributed by atoms with van der Waals surface area (Å²) in [6.07, 6.45) is 0.483. The maximum Gasteiger partial charge on any atom is 0.320 e. The van der Waals surface area contributed by atoms with Gasteiger partial charge in [0.05, 0.1) is 11.6 Å². The largest absolute Gasteiger partial charge is 0.496 e. The normalized spacial score (nSPS) is 12.2. The molecule has 1 rings (SSSR count). The molecule has 0 heterocycles. The van der Waals surface area contributed by atoms with Gasteiger partial charge in [-0.05, 0) is 45.8 Å². The summed E-state index contributed by atoms with van der Waals surface area (Å²) in [5.74, 6) is 1.42. The van der Waals surface area contributed by atoms with Gasteiger partial charge >= 0.3 is 5.97 Å². The number of carboxylic acid groups (broad SMARTS) is 1. The molecule has 0 fully saturated rings. The SMILES string of the molecule is COc1ccc(CSCCC(N)C(=O)O)cc1Br. The van der Waals surface area contributed by atoms with Crippen molar-refractivity contribution in [3.8, 4) is 5.75 Å². The van der Waals surface area contributed by atoms with Crippen LogP contribution in [-0.4, -0.2) is 30.0 Å². The number of ether oxygens (including phenoxy) is 1. The number of carbonyl (C=O) groups is 1. The summed E-state index contributed by atoms with van der Waals surface area (Å²) >= 11 is 5.10. The van der Waals surface area contributed by atoms with Gasteiger partial charge in [0, 0.05) is 5.75 Å². The van der Waals surface area contributed by atoms with Crippen LogP contribution in [-0.2, 0) is 10.5 Å². The second-order valence-corrected chi connectivity index (χ2v) is 5.71. The first-order valence-corrected chi connectivity index (χ1v) is 7.38. The molecule has 0 bridgehead atoms. The maximum absolute atomic E-state index is 10.5. The molecule has 0 amide bonds. The van der Waals surface area contributed by atoms with E-state index in [0.717, 1.165) is 27.3 Å². The number of methoxy groups -OCH3 is 1. The predicted octanol–water partition coefficient (Wildman–Crippen LogP) is 2.49. The quantitative estimate of drug-likeness (QED) is 0.750. The Morgan fingerprint density at radius 1 is 1.61 bits per heavy atom. The van der Waals surface area contributed by atoms with Gasteiger partial charge in [-0.3, -0.25) is 4.79 Å². The molecule has 6 heteroatoms. The van der Waals surface area contributed by atoms with Crippen molar-refractivity contribution < 1.29 is 14.6 Å². The Balaban J connectivity index is 2.36. The van der Waals surface area contributed by atoms with Crippen molar-refractivity contribution in [3.63, 3.8) is 0 Å². The van der Waals surface area contributed by atoms with Gasteiger partial charge in [0.25, 0.3) is 0 Å². The summed E-state index contributed by atoms with van der Waals surface area (Å²) in [6.45, 7) is 0. The Hall–Kier alpha value is -0.720. The van der Waals surface area contributed by atoms with Crippen LogP contribution in [0.5, 0.6) is 5.75 Å². The van der Waals surface area contributed by atoms with Gasteiger partial charge in [0.2, 0.25) is 0 Å². The van der Waals surface area contributed by atoms with Crippen molar-refractivity contribution in [2.75, 3.05) is 12.9 Å². The molecule has 1 aromatic rings. The van der Waals surface area contributed by atoms with E-state index in [4.69, 9.17) is 15.6 Å². The van der Waals surface area contributed by atoms with Crippen LogP contribution in [0, 0.1) is 0 Å². The van der Waals surface area contributed by atoms with E-state index in [0.29, 0.717) is 6.42 Å². The third kappa shape index (κ3) is 4.88. The molecule has 0 aliphatic heterocycles. The highest BCUT2D eigenvalue weighted by atomic mass is 79.9. The molecule has 1 unspecified atom stereocenters. The number of hydrogen-bond donors (Lipinski definition) is 2. The first-order chi connectivity index (χ1) is 8.54. The standard InChI is InChI=1S/C12H16BrNO3S/c1-17-11-3-2-8(6-9(11)13)7-18-5-4-10(14)12(15)16/h2-3,6,10H,4-5,7,14H2,1H3,(H,15,16). The lowest BCUT2D eigenvalue weighted by atomic mass is 10.2. The summed E-state index contributed by atoms with van der Waals surface area (Å²) in [7, 11) is 1.63. The topological polar surface area (TPSA) is 72.5 Å². The lowest BCUT2D eigenvalue weighted by molar-refractivity contribution is -0.138. The first kappa shape index (κ1) is 15.3. The Kier molecular flexibility index (Phi) is 6.52. The molecule has 18 heavy (non-hydrogen) atoms. The molecule has 100 valence electrons. The summed E-state index contributed by atoms with van der Waals surface area (Å²) < 4.78 is 6.07. The fourth-order valence-electron chi connectivity index (χ4n) is 1.32. The van der Waals surface area contributed by atoms with Gasteiger partial charge in [-0.25, -0.2) is 0 Å². The molecular formula is C12H16BrNO3S. The van der Waals surface area contributed by atoms with E-state index >= 15 is 0 Å². The zero-order valence-electron chi connectivity index (χ0n) is 10.1. The number of carboxylic acids is 1. The summed E-state index contributed by atoms with van der Waals surface area (Å²) in [4.78, 5) is 10.5. The third-order valence-electron chi connectivity index (χ3n) is 2.38. The predicted molar refractivity (Wildman–Crippen MR) is 77.1 cm³/mol. The van der Waals surface area contributed by atoms with E-state index in [9.17, 15) is 4.79 Å². The zero-order chi connectivity index (χ0) is 13.5. The summed E-state index contributed by atoms with van der Waals surface area (Å²) in [5.41, 5.74) is 6.58.